The van der Waals surface area contributed by atoms with Crippen LogP contribution >= 0.6 is 11.8 Å². The van der Waals surface area contributed by atoms with Crippen molar-refractivity contribution in [2.24, 2.45) is 0 Å². The molecule has 0 aliphatic rings. The van der Waals surface area contributed by atoms with Crippen LogP contribution in [0.25, 0.3) is 17.1 Å². The number of para-hydroxylation sites is 1. The molecule has 2 aromatic carbocycles. The number of pyridine rings is 1. The molecule has 0 atom stereocenters. The third kappa shape index (κ3) is 3.77. The van der Waals surface area contributed by atoms with Gasteiger partial charge in [0.1, 0.15) is 0 Å². The first-order valence-corrected chi connectivity index (χ1v) is 9.48. The SMILES string of the molecule is O=[N+]([O-])c1ccc(CSc2nnc(-c3cccnc3)n2-c2ccccc2)cc1. The summed E-state index contributed by atoms with van der Waals surface area (Å²) in [7, 11) is 0. The predicted molar refractivity (Wildman–Crippen MR) is 107 cm³/mol. The van der Waals surface area contributed by atoms with Crippen LogP contribution in [0.3, 0.4) is 0 Å². The van der Waals surface area contributed by atoms with Gasteiger partial charge in [0.05, 0.1) is 4.92 Å². The summed E-state index contributed by atoms with van der Waals surface area (Å²) in [6.07, 6.45) is 3.48. The molecule has 0 saturated carbocycles. The molecule has 0 unspecified atom stereocenters. The van der Waals surface area contributed by atoms with Gasteiger partial charge in [0.25, 0.3) is 5.69 Å². The zero-order valence-corrected chi connectivity index (χ0v) is 15.5. The van der Waals surface area contributed by atoms with E-state index in [-0.39, 0.29) is 5.69 Å². The van der Waals surface area contributed by atoms with Gasteiger partial charge in [0.2, 0.25) is 0 Å². The first-order valence-electron chi connectivity index (χ1n) is 8.50. The monoisotopic (exact) mass is 389 g/mol. The van der Waals surface area contributed by atoms with Gasteiger partial charge in [-0.1, -0.05) is 42.1 Å². The Hall–Kier alpha value is -3.52. The lowest BCUT2D eigenvalue weighted by molar-refractivity contribution is -0.384. The molecule has 0 amide bonds. The van der Waals surface area contributed by atoms with Crippen molar-refractivity contribution in [2.75, 3.05) is 0 Å². The second-order valence-electron chi connectivity index (χ2n) is 5.93. The van der Waals surface area contributed by atoms with Gasteiger partial charge in [-0.2, -0.15) is 0 Å². The number of nitro benzene ring substituents is 1. The maximum absolute atomic E-state index is 10.8. The highest BCUT2D eigenvalue weighted by Crippen LogP contribution is 2.29. The maximum atomic E-state index is 10.8. The number of rotatable bonds is 6. The van der Waals surface area contributed by atoms with Crippen LogP contribution < -0.4 is 0 Å². The largest absolute Gasteiger partial charge is 0.270 e. The van der Waals surface area contributed by atoms with E-state index >= 15 is 0 Å². The summed E-state index contributed by atoms with van der Waals surface area (Å²) in [5, 5.41) is 20.3. The van der Waals surface area contributed by atoms with Gasteiger partial charge in [0, 0.05) is 41.5 Å². The molecule has 28 heavy (non-hydrogen) atoms. The van der Waals surface area contributed by atoms with E-state index in [9.17, 15) is 10.1 Å². The minimum Gasteiger partial charge on any atom is -0.270 e. The highest BCUT2D eigenvalue weighted by molar-refractivity contribution is 7.98. The maximum Gasteiger partial charge on any atom is 0.269 e. The summed E-state index contributed by atoms with van der Waals surface area (Å²) in [4.78, 5) is 14.6. The van der Waals surface area contributed by atoms with Crippen molar-refractivity contribution < 1.29 is 4.92 Å². The van der Waals surface area contributed by atoms with Crippen LogP contribution in [0, 0.1) is 10.1 Å². The fourth-order valence-corrected chi connectivity index (χ4v) is 3.62. The standard InChI is InChI=1S/C20H15N5O2S/c26-25(27)18-10-8-15(9-11-18)14-28-20-23-22-19(16-5-4-12-21-13-16)24(20)17-6-2-1-3-7-17/h1-13H,14H2. The third-order valence-corrected chi connectivity index (χ3v) is 5.08. The fourth-order valence-electron chi connectivity index (χ4n) is 2.72. The molecule has 7 nitrogen and oxygen atoms in total. The molecule has 0 aliphatic heterocycles. The molecule has 0 saturated heterocycles. The number of aromatic nitrogens is 4. The molecule has 2 heterocycles. The van der Waals surface area contributed by atoms with Gasteiger partial charge in [-0.15, -0.1) is 10.2 Å². The highest BCUT2D eigenvalue weighted by atomic mass is 32.2. The lowest BCUT2D eigenvalue weighted by Gasteiger charge is -2.10. The van der Waals surface area contributed by atoms with Crippen LogP contribution in [-0.2, 0) is 5.75 Å². The fraction of sp³-hybridized carbons (Fsp3) is 0.0500. The van der Waals surface area contributed by atoms with E-state index in [0.717, 1.165) is 22.0 Å². The van der Waals surface area contributed by atoms with Gasteiger partial charge >= 0.3 is 0 Å². The molecule has 0 aliphatic carbocycles. The topological polar surface area (TPSA) is 86.7 Å². The molecule has 0 radical (unpaired) electrons. The minimum atomic E-state index is -0.400. The van der Waals surface area contributed by atoms with Crippen molar-refractivity contribution in [2.45, 2.75) is 10.9 Å². The van der Waals surface area contributed by atoms with Crippen molar-refractivity contribution in [3.63, 3.8) is 0 Å². The van der Waals surface area contributed by atoms with E-state index in [1.807, 2.05) is 47.0 Å². The molecule has 8 heteroatoms. The van der Waals surface area contributed by atoms with Crippen molar-refractivity contribution >= 4 is 17.4 Å². The molecule has 0 fully saturated rings. The third-order valence-electron chi connectivity index (χ3n) is 4.08. The quantitative estimate of drug-likeness (QED) is 0.274. The van der Waals surface area contributed by atoms with E-state index < -0.39 is 4.92 Å². The second-order valence-corrected chi connectivity index (χ2v) is 6.87. The molecular weight excluding hydrogens is 374 g/mol. The van der Waals surface area contributed by atoms with Gasteiger partial charge in [-0.25, -0.2) is 0 Å². The van der Waals surface area contributed by atoms with Gasteiger partial charge in [-0.05, 0) is 29.8 Å². The summed E-state index contributed by atoms with van der Waals surface area (Å²) in [6, 6.07) is 20.2. The minimum absolute atomic E-state index is 0.0834. The van der Waals surface area contributed by atoms with Crippen molar-refractivity contribution in [3.05, 3.63) is 94.8 Å². The molecule has 0 N–H and O–H groups in total. The van der Waals surface area contributed by atoms with Gasteiger partial charge in [0.15, 0.2) is 11.0 Å². The average molecular weight is 389 g/mol. The molecule has 138 valence electrons. The van der Waals surface area contributed by atoms with E-state index in [4.69, 9.17) is 0 Å². The normalized spacial score (nSPS) is 10.7. The molecule has 4 aromatic rings. The number of benzene rings is 2. The zero-order valence-electron chi connectivity index (χ0n) is 14.7. The number of hydrogen-bond acceptors (Lipinski definition) is 6. The average Bonchev–Trinajstić information content (AvgIpc) is 3.18. The summed E-state index contributed by atoms with van der Waals surface area (Å²) in [5.41, 5.74) is 2.89. The van der Waals surface area contributed by atoms with Crippen molar-refractivity contribution in [1.29, 1.82) is 0 Å². The smallest absolute Gasteiger partial charge is 0.269 e. The van der Waals surface area contributed by atoms with Crippen LogP contribution in [0.5, 0.6) is 0 Å². The lowest BCUT2D eigenvalue weighted by Crippen LogP contribution is -1.99. The van der Waals surface area contributed by atoms with Crippen LogP contribution in [0.2, 0.25) is 0 Å². The summed E-state index contributed by atoms with van der Waals surface area (Å²) in [5.74, 6) is 1.33. The lowest BCUT2D eigenvalue weighted by atomic mass is 10.2. The Labute approximate surface area is 165 Å². The number of non-ortho nitro benzene ring substituents is 1. The van der Waals surface area contributed by atoms with Crippen LogP contribution in [-0.4, -0.2) is 24.7 Å². The van der Waals surface area contributed by atoms with E-state index in [0.29, 0.717) is 11.6 Å². The van der Waals surface area contributed by atoms with Crippen LogP contribution in [0.1, 0.15) is 5.56 Å². The molecule has 4 rings (SSSR count). The Bertz CT molecular complexity index is 1080. The van der Waals surface area contributed by atoms with Crippen molar-refractivity contribution in [1.82, 2.24) is 19.7 Å². The van der Waals surface area contributed by atoms with E-state index in [1.54, 1.807) is 24.5 Å². The first kappa shape index (κ1) is 17.9. The summed E-state index contributed by atoms with van der Waals surface area (Å²) < 4.78 is 1.99. The zero-order chi connectivity index (χ0) is 19.3. The van der Waals surface area contributed by atoms with Crippen LogP contribution in [0.15, 0.2) is 84.3 Å². The van der Waals surface area contributed by atoms with Gasteiger partial charge in [-0.3, -0.25) is 19.7 Å². The number of thioether (sulfide) groups is 1. The highest BCUT2D eigenvalue weighted by Gasteiger charge is 2.16. The Kier molecular flexibility index (Phi) is 5.11. The molecule has 0 bridgehead atoms. The molecule has 0 spiro atoms. The predicted octanol–water partition coefficient (Wildman–Crippen LogP) is 4.53. The first-order chi connectivity index (χ1) is 13.7. The molecular formula is C20H15N5O2S. The van der Waals surface area contributed by atoms with Crippen LogP contribution in [0.4, 0.5) is 5.69 Å². The van der Waals surface area contributed by atoms with E-state index in [1.165, 1.54) is 23.9 Å². The Morgan fingerprint density at radius 3 is 2.43 bits per heavy atom. The number of nitro groups is 1. The van der Waals surface area contributed by atoms with Crippen molar-refractivity contribution in [3.8, 4) is 17.1 Å². The molecule has 2 aromatic heterocycles. The summed E-state index contributed by atoms with van der Waals surface area (Å²) in [6.45, 7) is 0. The van der Waals surface area contributed by atoms with E-state index in [2.05, 4.69) is 15.2 Å². The van der Waals surface area contributed by atoms with Gasteiger partial charge < -0.3 is 0 Å². The second kappa shape index (κ2) is 8.01. The number of nitrogens with zero attached hydrogens (tertiary/aromatic N) is 5. The number of hydrogen-bond donors (Lipinski definition) is 0. The Morgan fingerprint density at radius 1 is 0.964 bits per heavy atom. The Morgan fingerprint density at radius 2 is 1.75 bits per heavy atom. The Balaban J connectivity index is 1.65. The summed E-state index contributed by atoms with van der Waals surface area (Å²) >= 11 is 1.52.